The van der Waals surface area contributed by atoms with Gasteiger partial charge in [-0.2, -0.15) is 13.2 Å². The minimum absolute atomic E-state index is 0. The maximum atomic E-state index is 12.8. The van der Waals surface area contributed by atoms with Crippen LogP contribution in [0.4, 0.5) is 13.2 Å². The van der Waals surface area contributed by atoms with Crippen LogP contribution in [0.3, 0.4) is 0 Å². The van der Waals surface area contributed by atoms with Gasteiger partial charge in [-0.05, 0) is 52.2 Å². The van der Waals surface area contributed by atoms with E-state index in [0.29, 0.717) is 26.2 Å². The molecule has 1 N–H and O–H groups in total. The lowest BCUT2D eigenvalue weighted by Gasteiger charge is -2.39. The first-order chi connectivity index (χ1) is 11.8. The average molecular weight is 491 g/mol. The highest BCUT2D eigenvalue weighted by molar-refractivity contribution is 14.0. The molecule has 9 heteroatoms. The van der Waals surface area contributed by atoms with Crippen molar-refractivity contribution >= 4 is 29.9 Å². The van der Waals surface area contributed by atoms with E-state index in [4.69, 9.17) is 0 Å². The van der Waals surface area contributed by atoms with Crippen molar-refractivity contribution in [3.63, 3.8) is 0 Å². The second-order valence-electron chi connectivity index (χ2n) is 7.25. The van der Waals surface area contributed by atoms with Crippen LogP contribution in [0.1, 0.15) is 26.2 Å². The summed E-state index contributed by atoms with van der Waals surface area (Å²) in [4.78, 5) is 10.2. The van der Waals surface area contributed by atoms with Crippen LogP contribution >= 0.6 is 24.0 Å². The Morgan fingerprint density at radius 3 is 2.19 bits per heavy atom. The minimum Gasteiger partial charge on any atom is -0.356 e. The first kappa shape index (κ1) is 23.7. The van der Waals surface area contributed by atoms with Crippen molar-refractivity contribution in [1.29, 1.82) is 0 Å². The Labute approximate surface area is 172 Å². The van der Waals surface area contributed by atoms with E-state index < -0.39 is 12.2 Å². The van der Waals surface area contributed by atoms with E-state index in [1.807, 2.05) is 0 Å². The molecule has 0 aliphatic carbocycles. The van der Waals surface area contributed by atoms with Gasteiger partial charge in [-0.25, -0.2) is 0 Å². The van der Waals surface area contributed by atoms with E-state index in [1.165, 1.54) is 37.8 Å². The highest BCUT2D eigenvalue weighted by Crippen LogP contribution is 2.25. The number of halogens is 4. The van der Waals surface area contributed by atoms with E-state index >= 15 is 0 Å². The van der Waals surface area contributed by atoms with Crippen LogP contribution < -0.4 is 5.32 Å². The van der Waals surface area contributed by atoms with Gasteiger partial charge in [-0.1, -0.05) is 0 Å². The lowest BCUT2D eigenvalue weighted by molar-refractivity contribution is -0.181. The molecule has 1 atom stereocenters. The first-order valence-electron chi connectivity index (χ1n) is 9.26. The van der Waals surface area contributed by atoms with E-state index in [0.717, 1.165) is 24.8 Å². The molecule has 2 rings (SSSR count). The molecule has 5 nitrogen and oxygen atoms in total. The van der Waals surface area contributed by atoms with Crippen LogP contribution in [0.25, 0.3) is 0 Å². The van der Waals surface area contributed by atoms with Gasteiger partial charge in [0.25, 0.3) is 0 Å². The lowest BCUT2D eigenvalue weighted by Crippen LogP contribution is -2.56. The van der Waals surface area contributed by atoms with Gasteiger partial charge in [-0.3, -0.25) is 9.89 Å². The molecule has 154 valence electrons. The van der Waals surface area contributed by atoms with Gasteiger partial charge in [0.15, 0.2) is 5.96 Å². The Kier molecular flexibility index (Phi) is 9.95. The standard InChI is InChI=1S/C17H32F3N5.HI/c1-14(17(18,19)20)24-10-12-25(13-11-24)16(21-2)22-7-4-15-5-8-23(3)9-6-15;/h14-15H,4-13H2,1-3H3,(H,21,22);1H. The number of piperazine rings is 1. The van der Waals surface area contributed by atoms with Gasteiger partial charge in [-0.15, -0.1) is 24.0 Å². The molecule has 0 aromatic carbocycles. The van der Waals surface area contributed by atoms with Gasteiger partial charge in [0.2, 0.25) is 0 Å². The SMILES string of the molecule is CN=C(NCCC1CCN(C)CC1)N1CCN(C(C)C(F)(F)F)CC1.I. The van der Waals surface area contributed by atoms with Crippen LogP contribution in [-0.2, 0) is 0 Å². The molecule has 0 aromatic rings. The predicted molar refractivity (Wildman–Crippen MR) is 110 cm³/mol. The third-order valence-electron chi connectivity index (χ3n) is 5.52. The normalized spacial score (nSPS) is 22.8. The summed E-state index contributed by atoms with van der Waals surface area (Å²) < 4.78 is 38.5. The molecule has 2 fully saturated rings. The fourth-order valence-electron chi connectivity index (χ4n) is 3.60. The molecule has 0 spiro atoms. The van der Waals surface area contributed by atoms with Crippen molar-refractivity contribution in [3.8, 4) is 0 Å². The molecule has 2 aliphatic heterocycles. The molecule has 1 unspecified atom stereocenters. The fraction of sp³-hybridized carbons (Fsp3) is 0.941. The second kappa shape index (κ2) is 10.9. The fourth-order valence-corrected chi connectivity index (χ4v) is 3.60. The molecule has 0 amide bonds. The summed E-state index contributed by atoms with van der Waals surface area (Å²) in [7, 11) is 3.90. The van der Waals surface area contributed by atoms with Crippen LogP contribution in [0.2, 0.25) is 0 Å². The molecule has 0 radical (unpaired) electrons. The van der Waals surface area contributed by atoms with Crippen molar-refractivity contribution in [2.24, 2.45) is 10.9 Å². The maximum absolute atomic E-state index is 12.8. The monoisotopic (exact) mass is 491 g/mol. The first-order valence-corrected chi connectivity index (χ1v) is 9.26. The van der Waals surface area contributed by atoms with Crippen LogP contribution in [0.5, 0.6) is 0 Å². The number of guanidine groups is 1. The van der Waals surface area contributed by atoms with Gasteiger partial charge < -0.3 is 15.1 Å². The molecular formula is C17H33F3IN5. The van der Waals surface area contributed by atoms with Crippen molar-refractivity contribution < 1.29 is 13.2 Å². The summed E-state index contributed by atoms with van der Waals surface area (Å²) in [5.41, 5.74) is 0. The number of piperidine rings is 1. The highest BCUT2D eigenvalue weighted by Gasteiger charge is 2.41. The summed E-state index contributed by atoms with van der Waals surface area (Å²) in [6.07, 6.45) is -0.552. The number of hydrogen-bond donors (Lipinski definition) is 1. The molecule has 0 saturated carbocycles. The third kappa shape index (κ3) is 7.03. The van der Waals surface area contributed by atoms with E-state index in [1.54, 1.807) is 7.05 Å². The highest BCUT2D eigenvalue weighted by atomic mass is 127. The number of nitrogens with one attached hydrogen (secondary N) is 1. The predicted octanol–water partition coefficient (Wildman–Crippen LogP) is 2.48. The maximum Gasteiger partial charge on any atom is 0.403 e. The molecule has 2 aliphatic rings. The molecule has 2 heterocycles. The van der Waals surface area contributed by atoms with Crippen LogP contribution in [0.15, 0.2) is 4.99 Å². The Bertz CT molecular complexity index is 431. The molecule has 0 aromatic heterocycles. The summed E-state index contributed by atoms with van der Waals surface area (Å²) in [6.45, 7) is 6.43. The zero-order valence-corrected chi connectivity index (χ0v) is 18.4. The Morgan fingerprint density at radius 2 is 1.69 bits per heavy atom. The molecular weight excluding hydrogens is 458 g/mol. The summed E-state index contributed by atoms with van der Waals surface area (Å²) >= 11 is 0. The van der Waals surface area contributed by atoms with E-state index in [9.17, 15) is 13.2 Å². The number of hydrogen-bond acceptors (Lipinski definition) is 3. The summed E-state index contributed by atoms with van der Waals surface area (Å²) in [5, 5.41) is 3.39. The average Bonchev–Trinajstić information content (AvgIpc) is 2.59. The van der Waals surface area contributed by atoms with Gasteiger partial charge >= 0.3 is 6.18 Å². The second-order valence-corrected chi connectivity index (χ2v) is 7.25. The number of nitrogens with zero attached hydrogens (tertiary/aromatic N) is 4. The summed E-state index contributed by atoms with van der Waals surface area (Å²) in [5.74, 6) is 1.57. The van der Waals surface area contributed by atoms with Crippen LogP contribution in [0, 0.1) is 5.92 Å². The Hall–Kier alpha value is -0.290. The quantitative estimate of drug-likeness (QED) is 0.373. The smallest absolute Gasteiger partial charge is 0.356 e. The van der Waals surface area contributed by atoms with E-state index in [-0.39, 0.29) is 24.0 Å². The molecule has 26 heavy (non-hydrogen) atoms. The van der Waals surface area contributed by atoms with Gasteiger partial charge in [0.05, 0.1) is 0 Å². The van der Waals surface area contributed by atoms with Gasteiger partial charge in [0, 0.05) is 39.8 Å². The third-order valence-corrected chi connectivity index (χ3v) is 5.52. The topological polar surface area (TPSA) is 34.1 Å². The number of aliphatic imine (C=N–C) groups is 1. The number of alkyl halides is 3. The van der Waals surface area contributed by atoms with E-state index in [2.05, 4.69) is 27.2 Å². The molecule has 0 bridgehead atoms. The lowest BCUT2D eigenvalue weighted by atomic mass is 9.94. The molecule has 2 saturated heterocycles. The van der Waals surface area contributed by atoms with Crippen molar-refractivity contribution in [1.82, 2.24) is 20.0 Å². The zero-order chi connectivity index (χ0) is 18.4. The minimum atomic E-state index is -4.16. The largest absolute Gasteiger partial charge is 0.403 e. The van der Waals surface area contributed by atoms with Crippen molar-refractivity contribution in [3.05, 3.63) is 0 Å². The summed E-state index contributed by atoms with van der Waals surface area (Å²) in [6, 6.07) is -1.38. The van der Waals surface area contributed by atoms with Crippen molar-refractivity contribution in [2.45, 2.75) is 38.4 Å². The number of rotatable bonds is 4. The van der Waals surface area contributed by atoms with Crippen molar-refractivity contribution in [2.75, 3.05) is 59.9 Å². The Morgan fingerprint density at radius 1 is 1.12 bits per heavy atom. The Balaban J connectivity index is 0.00000338. The van der Waals surface area contributed by atoms with Gasteiger partial charge in [0.1, 0.15) is 6.04 Å². The number of likely N-dealkylation sites (tertiary alicyclic amines) is 1. The van der Waals surface area contributed by atoms with Crippen LogP contribution in [-0.4, -0.2) is 92.8 Å². The zero-order valence-electron chi connectivity index (χ0n) is 16.1.